The van der Waals surface area contributed by atoms with Crippen LogP contribution in [0, 0.1) is 5.92 Å². The van der Waals surface area contributed by atoms with Crippen LogP contribution in [0.1, 0.15) is 19.4 Å². The first-order chi connectivity index (χ1) is 15.8. The van der Waals surface area contributed by atoms with Gasteiger partial charge in [-0.1, -0.05) is 44.2 Å². The van der Waals surface area contributed by atoms with E-state index in [1.165, 1.54) is 29.6 Å². The summed E-state index contributed by atoms with van der Waals surface area (Å²) in [6.45, 7) is 7.05. The van der Waals surface area contributed by atoms with Gasteiger partial charge in [-0.25, -0.2) is 8.42 Å². The summed E-state index contributed by atoms with van der Waals surface area (Å²) in [6, 6.07) is 13.2. The molecule has 0 aliphatic rings. The minimum Gasteiger partial charge on any atom is -0.493 e. The van der Waals surface area contributed by atoms with Gasteiger partial charge in [-0.05, 0) is 43.4 Å². The summed E-state index contributed by atoms with van der Waals surface area (Å²) >= 11 is 0. The standard InChI is InChI=1S/C24H37N2O6PS/c1-18(2)15-26(16-22(27)21(25)13-19-9-7-6-8-10-19)34(29,30)20-11-12-23(31-3)24(14-20)32-17-33(4,5)28/h6-12,14,18,21-22,27H,13,15-17,25H2,1-5H3/t21-,22+/m0/s1. The summed E-state index contributed by atoms with van der Waals surface area (Å²) in [6.07, 6.45) is -0.685. The zero-order chi connectivity index (χ0) is 25.5. The number of aliphatic hydroxyl groups excluding tert-OH is 1. The van der Waals surface area contributed by atoms with E-state index in [0.29, 0.717) is 12.2 Å². The molecule has 190 valence electrons. The minimum atomic E-state index is -3.99. The maximum atomic E-state index is 13.6. The molecule has 0 radical (unpaired) electrons. The van der Waals surface area contributed by atoms with E-state index in [-0.39, 0.29) is 36.0 Å². The highest BCUT2D eigenvalue weighted by atomic mass is 32.2. The lowest BCUT2D eigenvalue weighted by atomic mass is 10.0. The molecule has 0 unspecified atom stereocenters. The number of benzene rings is 2. The summed E-state index contributed by atoms with van der Waals surface area (Å²) in [5.41, 5.74) is 7.18. The van der Waals surface area contributed by atoms with Crippen molar-refractivity contribution >= 4 is 17.2 Å². The fourth-order valence-corrected chi connectivity index (χ4v) is 5.44. The molecule has 10 heteroatoms. The number of nitrogens with two attached hydrogens (primary N) is 1. The number of hydrogen-bond acceptors (Lipinski definition) is 7. The molecule has 0 saturated heterocycles. The van der Waals surface area contributed by atoms with Crippen LogP contribution >= 0.6 is 7.14 Å². The van der Waals surface area contributed by atoms with Crippen LogP contribution in [0.25, 0.3) is 0 Å². The quantitative estimate of drug-likeness (QED) is 0.396. The Bertz CT molecular complexity index is 1070. The van der Waals surface area contributed by atoms with E-state index < -0.39 is 29.3 Å². The second-order valence-electron chi connectivity index (χ2n) is 9.30. The second kappa shape index (κ2) is 12.2. The van der Waals surface area contributed by atoms with Crippen LogP contribution in [0.3, 0.4) is 0 Å². The smallest absolute Gasteiger partial charge is 0.243 e. The molecule has 0 heterocycles. The van der Waals surface area contributed by atoms with Crippen molar-refractivity contribution in [2.45, 2.75) is 37.3 Å². The number of methoxy groups -OCH3 is 1. The Morgan fingerprint density at radius 2 is 1.71 bits per heavy atom. The SMILES string of the molecule is COc1ccc(S(=O)(=O)N(CC(C)C)C[C@@H](O)[C@@H](N)Cc2ccccc2)cc1OCP(C)(C)=O. The molecule has 3 N–H and O–H groups in total. The van der Waals surface area contributed by atoms with Crippen molar-refractivity contribution in [2.75, 3.05) is 39.9 Å². The van der Waals surface area contributed by atoms with Gasteiger partial charge in [0.1, 0.15) is 13.5 Å². The number of aliphatic hydroxyl groups is 1. The third-order valence-corrected chi connectivity index (χ3v) is 7.65. The van der Waals surface area contributed by atoms with Crippen LogP contribution in [0.15, 0.2) is 53.4 Å². The van der Waals surface area contributed by atoms with Gasteiger partial charge in [-0.2, -0.15) is 4.31 Å². The number of sulfonamides is 1. The molecule has 0 aromatic heterocycles. The van der Waals surface area contributed by atoms with Crippen LogP contribution in [0.2, 0.25) is 0 Å². The molecule has 2 rings (SSSR count). The van der Waals surface area contributed by atoms with Crippen molar-refractivity contribution in [3.8, 4) is 11.5 Å². The van der Waals surface area contributed by atoms with E-state index in [2.05, 4.69) is 0 Å². The zero-order valence-electron chi connectivity index (χ0n) is 20.5. The fourth-order valence-electron chi connectivity index (χ4n) is 3.35. The number of ether oxygens (including phenoxy) is 2. The van der Waals surface area contributed by atoms with Crippen LogP contribution in [-0.2, 0) is 21.0 Å². The first kappa shape index (κ1) is 28.3. The number of nitrogens with zero attached hydrogens (tertiary/aromatic N) is 1. The summed E-state index contributed by atoms with van der Waals surface area (Å²) in [5, 5.41) is 10.8. The highest BCUT2D eigenvalue weighted by Gasteiger charge is 2.30. The van der Waals surface area contributed by atoms with Gasteiger partial charge in [0.2, 0.25) is 10.0 Å². The molecule has 0 amide bonds. The molecule has 2 atom stereocenters. The van der Waals surface area contributed by atoms with Gasteiger partial charge >= 0.3 is 0 Å². The van der Waals surface area contributed by atoms with Crippen LogP contribution in [0.5, 0.6) is 11.5 Å². The summed E-state index contributed by atoms with van der Waals surface area (Å²) in [7, 11) is -5.04. The Hall–Kier alpha value is -1.90. The van der Waals surface area contributed by atoms with E-state index in [4.69, 9.17) is 15.2 Å². The van der Waals surface area contributed by atoms with Crippen LogP contribution in [-0.4, -0.2) is 69.9 Å². The third kappa shape index (κ3) is 8.40. The molecule has 34 heavy (non-hydrogen) atoms. The monoisotopic (exact) mass is 512 g/mol. The molecular weight excluding hydrogens is 475 g/mol. The largest absolute Gasteiger partial charge is 0.493 e. The second-order valence-corrected chi connectivity index (χ2v) is 14.6. The zero-order valence-corrected chi connectivity index (χ0v) is 22.3. The Kier molecular flexibility index (Phi) is 10.2. The van der Waals surface area contributed by atoms with Crippen molar-refractivity contribution < 1.29 is 27.6 Å². The molecule has 0 fully saturated rings. The maximum Gasteiger partial charge on any atom is 0.243 e. The van der Waals surface area contributed by atoms with Gasteiger partial charge < -0.3 is 24.9 Å². The van der Waals surface area contributed by atoms with Crippen molar-refractivity contribution in [2.24, 2.45) is 11.7 Å². The predicted molar refractivity (Wildman–Crippen MR) is 136 cm³/mol. The van der Waals surface area contributed by atoms with Crippen molar-refractivity contribution in [3.05, 3.63) is 54.1 Å². The van der Waals surface area contributed by atoms with E-state index in [1.54, 1.807) is 13.3 Å². The average Bonchev–Trinajstić information content (AvgIpc) is 2.76. The molecule has 2 aromatic carbocycles. The molecule has 0 aliphatic carbocycles. The van der Waals surface area contributed by atoms with Crippen LogP contribution < -0.4 is 15.2 Å². The van der Waals surface area contributed by atoms with Crippen molar-refractivity contribution in [1.82, 2.24) is 4.31 Å². The van der Waals surface area contributed by atoms with Crippen molar-refractivity contribution in [3.63, 3.8) is 0 Å². The normalized spacial score (nSPS) is 14.3. The summed E-state index contributed by atoms with van der Waals surface area (Å²) < 4.78 is 51.4. The molecule has 0 saturated carbocycles. The Morgan fingerprint density at radius 1 is 1.06 bits per heavy atom. The molecule has 0 bridgehead atoms. The molecular formula is C24H37N2O6PS. The third-order valence-electron chi connectivity index (χ3n) is 5.07. The van der Waals surface area contributed by atoms with Gasteiger partial charge in [0.05, 0.1) is 18.1 Å². The van der Waals surface area contributed by atoms with Gasteiger partial charge in [0, 0.05) is 25.2 Å². The molecule has 0 spiro atoms. The highest BCUT2D eigenvalue weighted by Crippen LogP contribution is 2.39. The maximum absolute atomic E-state index is 13.6. The Labute approximate surface area is 203 Å². The number of rotatable bonds is 13. The van der Waals surface area contributed by atoms with Gasteiger partial charge in [0.15, 0.2) is 11.5 Å². The number of hydrogen-bond donors (Lipinski definition) is 2. The van der Waals surface area contributed by atoms with E-state index in [9.17, 15) is 18.1 Å². The van der Waals surface area contributed by atoms with E-state index in [1.807, 2.05) is 44.2 Å². The summed E-state index contributed by atoms with van der Waals surface area (Å²) in [4.78, 5) is -0.00480. The molecule has 8 nitrogen and oxygen atoms in total. The van der Waals surface area contributed by atoms with Gasteiger partial charge in [0.25, 0.3) is 0 Å². The summed E-state index contributed by atoms with van der Waals surface area (Å²) in [5.74, 6) is 0.554. The predicted octanol–water partition coefficient (Wildman–Crippen LogP) is 3.23. The fraction of sp³-hybridized carbons (Fsp3) is 0.500. The van der Waals surface area contributed by atoms with Crippen molar-refractivity contribution in [1.29, 1.82) is 0 Å². The van der Waals surface area contributed by atoms with Crippen LogP contribution in [0.4, 0.5) is 0 Å². The molecule has 2 aromatic rings. The van der Waals surface area contributed by atoms with E-state index >= 15 is 0 Å². The van der Waals surface area contributed by atoms with E-state index in [0.717, 1.165) is 5.56 Å². The van der Waals surface area contributed by atoms with Gasteiger partial charge in [-0.15, -0.1) is 0 Å². The Morgan fingerprint density at radius 3 is 2.26 bits per heavy atom. The first-order valence-electron chi connectivity index (χ1n) is 11.2. The lowest BCUT2D eigenvalue weighted by Crippen LogP contribution is -2.47. The Balaban J connectivity index is 2.29. The molecule has 0 aliphatic heterocycles. The lowest BCUT2D eigenvalue weighted by Gasteiger charge is -2.29. The van der Waals surface area contributed by atoms with Gasteiger partial charge in [-0.3, -0.25) is 0 Å². The lowest BCUT2D eigenvalue weighted by molar-refractivity contribution is 0.116. The minimum absolute atomic E-state index is 0.00480. The topological polar surface area (TPSA) is 119 Å². The first-order valence-corrected chi connectivity index (χ1v) is 15.4. The highest BCUT2D eigenvalue weighted by molar-refractivity contribution is 7.89. The average molecular weight is 513 g/mol.